The van der Waals surface area contributed by atoms with Crippen LogP contribution in [-0.4, -0.2) is 75.8 Å². The number of carbonyl (C=O) groups excluding carboxylic acids is 2. The van der Waals surface area contributed by atoms with E-state index in [4.69, 9.17) is 9.84 Å². The molecule has 1 N–H and O–H groups in total. The van der Waals surface area contributed by atoms with Crippen molar-refractivity contribution in [2.75, 3.05) is 31.1 Å². The number of pyridine rings is 1. The predicted molar refractivity (Wildman–Crippen MR) is 118 cm³/mol. The van der Waals surface area contributed by atoms with Crippen LogP contribution in [0.25, 0.3) is 11.3 Å². The van der Waals surface area contributed by atoms with E-state index in [-0.39, 0.29) is 23.7 Å². The molecule has 0 radical (unpaired) electrons. The molecule has 0 saturated carbocycles. The summed E-state index contributed by atoms with van der Waals surface area (Å²) in [6, 6.07) is 9.91. The van der Waals surface area contributed by atoms with E-state index in [2.05, 4.69) is 4.98 Å². The van der Waals surface area contributed by atoms with Crippen molar-refractivity contribution in [3.63, 3.8) is 0 Å². The summed E-state index contributed by atoms with van der Waals surface area (Å²) in [6.45, 7) is 7.29. The van der Waals surface area contributed by atoms with Gasteiger partial charge in [0.05, 0.1) is 29.2 Å². The number of rotatable bonds is 3. The molecule has 2 saturated heterocycles. The van der Waals surface area contributed by atoms with Crippen molar-refractivity contribution in [3.05, 3.63) is 48.2 Å². The number of benzene rings is 1. The summed E-state index contributed by atoms with van der Waals surface area (Å²) in [6.07, 6.45) is 1.28. The van der Waals surface area contributed by atoms with Gasteiger partial charge in [0, 0.05) is 31.7 Å². The zero-order valence-electron chi connectivity index (χ0n) is 18.3. The van der Waals surface area contributed by atoms with E-state index >= 15 is 0 Å². The maximum atomic E-state index is 12.9. The van der Waals surface area contributed by atoms with Gasteiger partial charge in [0.25, 0.3) is 0 Å². The van der Waals surface area contributed by atoms with Crippen LogP contribution in [0.5, 0.6) is 0 Å². The van der Waals surface area contributed by atoms with Crippen molar-refractivity contribution >= 4 is 23.8 Å². The number of piperazine rings is 1. The number of hydrogen-bond acceptors (Lipinski definition) is 5. The Morgan fingerprint density at radius 1 is 1.06 bits per heavy atom. The summed E-state index contributed by atoms with van der Waals surface area (Å²) >= 11 is 0. The minimum atomic E-state index is -0.978. The minimum absolute atomic E-state index is 0.0980. The summed E-state index contributed by atoms with van der Waals surface area (Å²) in [5.41, 5.74) is 1.81. The maximum Gasteiger partial charge on any atom is 0.410 e. The molecule has 3 amide bonds. The topological polar surface area (TPSA) is 103 Å². The van der Waals surface area contributed by atoms with Gasteiger partial charge in [-0.25, -0.2) is 14.4 Å². The van der Waals surface area contributed by atoms with Gasteiger partial charge in [-0.3, -0.25) is 9.88 Å². The van der Waals surface area contributed by atoms with E-state index in [1.807, 2.05) is 32.9 Å². The standard InChI is InChI=1S/C23H26N4O5/c1-23(2,3)32-22(31)25-10-11-26-18(13-25)14-27(21(26)30)17-8-9-19(24-12-17)15-4-6-16(7-5-15)20(28)29/h4-9,12,18H,10-11,13-14H2,1-3H3,(H,28,29). The van der Waals surface area contributed by atoms with E-state index in [9.17, 15) is 14.4 Å². The number of nitrogens with zero attached hydrogens (tertiary/aromatic N) is 4. The van der Waals surface area contributed by atoms with Crippen molar-refractivity contribution < 1.29 is 24.2 Å². The van der Waals surface area contributed by atoms with Crippen LogP contribution in [0.1, 0.15) is 31.1 Å². The SMILES string of the molecule is CC(C)(C)OC(=O)N1CCN2C(=O)N(c3ccc(-c4ccc(C(=O)O)cc4)nc3)CC2C1. The molecule has 2 aliphatic heterocycles. The van der Waals surface area contributed by atoms with Crippen molar-refractivity contribution in [1.82, 2.24) is 14.8 Å². The van der Waals surface area contributed by atoms with Crippen molar-refractivity contribution in [2.45, 2.75) is 32.4 Å². The highest BCUT2D eigenvalue weighted by Gasteiger charge is 2.43. The lowest BCUT2D eigenvalue weighted by molar-refractivity contribution is 0.0128. The number of amides is 3. The lowest BCUT2D eigenvalue weighted by atomic mass is 10.1. The summed E-state index contributed by atoms with van der Waals surface area (Å²) in [5.74, 6) is -0.978. The molecule has 168 valence electrons. The molecule has 2 fully saturated rings. The average Bonchev–Trinajstić information content (AvgIpc) is 3.08. The van der Waals surface area contributed by atoms with Gasteiger partial charge in [0.15, 0.2) is 0 Å². The summed E-state index contributed by atoms with van der Waals surface area (Å²) in [7, 11) is 0. The van der Waals surface area contributed by atoms with E-state index < -0.39 is 11.6 Å². The normalized spacial score (nSPS) is 18.5. The number of fused-ring (bicyclic) bond motifs is 1. The fourth-order valence-electron chi connectivity index (χ4n) is 3.92. The van der Waals surface area contributed by atoms with Gasteiger partial charge in [-0.1, -0.05) is 12.1 Å². The molecule has 1 aromatic carbocycles. The molecule has 0 aliphatic carbocycles. The molecule has 32 heavy (non-hydrogen) atoms. The number of aromatic nitrogens is 1. The zero-order valence-corrected chi connectivity index (χ0v) is 18.3. The van der Waals surface area contributed by atoms with Crippen LogP contribution in [0.2, 0.25) is 0 Å². The fraction of sp³-hybridized carbons (Fsp3) is 0.391. The zero-order chi connectivity index (χ0) is 23.0. The Labute approximate surface area is 186 Å². The van der Waals surface area contributed by atoms with Gasteiger partial charge in [-0.15, -0.1) is 0 Å². The number of carboxylic acid groups (broad SMARTS) is 1. The van der Waals surface area contributed by atoms with Crippen LogP contribution < -0.4 is 4.90 Å². The number of urea groups is 1. The molecule has 0 spiro atoms. The first-order valence-electron chi connectivity index (χ1n) is 10.5. The van der Waals surface area contributed by atoms with Crippen LogP contribution in [0.3, 0.4) is 0 Å². The minimum Gasteiger partial charge on any atom is -0.478 e. The van der Waals surface area contributed by atoms with E-state index in [0.717, 1.165) is 5.56 Å². The van der Waals surface area contributed by atoms with Crippen molar-refractivity contribution in [3.8, 4) is 11.3 Å². The molecule has 1 aromatic heterocycles. The highest BCUT2D eigenvalue weighted by Crippen LogP contribution is 2.28. The first-order valence-corrected chi connectivity index (χ1v) is 10.5. The van der Waals surface area contributed by atoms with Gasteiger partial charge >= 0.3 is 18.1 Å². The van der Waals surface area contributed by atoms with E-state index in [1.54, 1.807) is 33.0 Å². The molecule has 4 rings (SSSR count). The predicted octanol–water partition coefficient (Wildman–Crippen LogP) is 3.31. The molecule has 0 bridgehead atoms. The maximum absolute atomic E-state index is 12.9. The first-order chi connectivity index (χ1) is 15.1. The highest BCUT2D eigenvalue weighted by atomic mass is 16.6. The van der Waals surface area contributed by atoms with Gasteiger partial charge in [0.1, 0.15) is 5.60 Å². The molecule has 3 heterocycles. The van der Waals surface area contributed by atoms with Crippen LogP contribution in [-0.2, 0) is 4.74 Å². The molecule has 1 unspecified atom stereocenters. The highest BCUT2D eigenvalue weighted by molar-refractivity contribution is 5.95. The quantitative estimate of drug-likeness (QED) is 0.789. The smallest absolute Gasteiger partial charge is 0.410 e. The number of aromatic carboxylic acids is 1. The largest absolute Gasteiger partial charge is 0.478 e. The third kappa shape index (κ3) is 4.37. The number of hydrogen-bond donors (Lipinski definition) is 1. The third-order valence-corrected chi connectivity index (χ3v) is 5.49. The number of ether oxygens (including phenoxy) is 1. The number of anilines is 1. The lowest BCUT2D eigenvalue weighted by Crippen LogP contribution is -2.54. The Bertz CT molecular complexity index is 1030. The van der Waals surface area contributed by atoms with Crippen molar-refractivity contribution in [2.24, 2.45) is 0 Å². The Balaban J connectivity index is 1.44. The molecular weight excluding hydrogens is 412 g/mol. The third-order valence-electron chi connectivity index (χ3n) is 5.49. The summed E-state index contributed by atoms with van der Waals surface area (Å²) in [5, 5.41) is 9.03. The van der Waals surface area contributed by atoms with Gasteiger partial charge < -0.3 is 19.6 Å². The Kier molecular flexibility index (Phi) is 5.50. The Morgan fingerprint density at radius 2 is 1.78 bits per heavy atom. The first kappa shape index (κ1) is 21.6. The lowest BCUT2D eigenvalue weighted by Gasteiger charge is -2.36. The second-order valence-electron chi connectivity index (χ2n) is 8.95. The fourth-order valence-corrected chi connectivity index (χ4v) is 3.92. The van der Waals surface area contributed by atoms with Crippen molar-refractivity contribution in [1.29, 1.82) is 0 Å². The Hall–Kier alpha value is -3.62. The molecule has 1 atom stereocenters. The Morgan fingerprint density at radius 3 is 2.38 bits per heavy atom. The van der Waals surface area contributed by atoms with Crippen LogP contribution in [0, 0.1) is 0 Å². The van der Waals surface area contributed by atoms with Crippen LogP contribution >= 0.6 is 0 Å². The molecule has 2 aromatic rings. The second kappa shape index (κ2) is 8.14. The molecule has 9 heteroatoms. The van der Waals surface area contributed by atoms with Crippen LogP contribution in [0.4, 0.5) is 15.3 Å². The van der Waals surface area contributed by atoms with Crippen LogP contribution in [0.15, 0.2) is 42.6 Å². The second-order valence-corrected chi connectivity index (χ2v) is 8.95. The monoisotopic (exact) mass is 438 g/mol. The van der Waals surface area contributed by atoms with E-state index in [1.165, 1.54) is 12.1 Å². The average molecular weight is 438 g/mol. The van der Waals surface area contributed by atoms with Gasteiger partial charge in [0.2, 0.25) is 0 Å². The van der Waals surface area contributed by atoms with Gasteiger partial charge in [-0.2, -0.15) is 0 Å². The summed E-state index contributed by atoms with van der Waals surface area (Å²) in [4.78, 5) is 45.9. The van der Waals surface area contributed by atoms with Gasteiger partial charge in [-0.05, 0) is 45.0 Å². The summed E-state index contributed by atoms with van der Waals surface area (Å²) < 4.78 is 5.47. The molecular formula is C23H26N4O5. The molecule has 2 aliphatic rings. The molecule has 9 nitrogen and oxygen atoms in total. The number of carboxylic acids is 1. The van der Waals surface area contributed by atoms with E-state index in [0.29, 0.717) is 37.6 Å². The number of carbonyl (C=O) groups is 3.